The number of phenols is 1. The van der Waals surface area contributed by atoms with Gasteiger partial charge in [0.05, 0.1) is 27.7 Å². The maximum Gasteiger partial charge on any atom is 0.316 e. The summed E-state index contributed by atoms with van der Waals surface area (Å²) in [7, 11) is 1.60. The highest BCUT2D eigenvalue weighted by molar-refractivity contribution is 6.90. The molecule has 2 fully saturated rings. The van der Waals surface area contributed by atoms with Gasteiger partial charge in [0.2, 0.25) is 0 Å². The molecular weight excluding hydrogens is 625 g/mol. The van der Waals surface area contributed by atoms with Crippen LogP contribution in [-0.4, -0.2) is 78.5 Å². The van der Waals surface area contributed by atoms with Gasteiger partial charge in [-0.2, -0.15) is 4.98 Å². The molecule has 2 aliphatic heterocycles. The van der Waals surface area contributed by atoms with Crippen molar-refractivity contribution < 1.29 is 18.6 Å². The minimum atomic E-state index is -2.18. The Labute approximate surface area is 283 Å². The number of nitrogens with zero attached hydrogens (tertiary/aromatic N) is 5. The van der Waals surface area contributed by atoms with E-state index >= 15 is 4.39 Å². The number of hydrogen-bond acceptors (Lipinski definition) is 7. The predicted octanol–water partition coefficient (Wildman–Crippen LogP) is 8.28. The molecule has 2 aromatic carbocycles. The van der Waals surface area contributed by atoms with Crippen molar-refractivity contribution in [3.63, 3.8) is 0 Å². The zero-order valence-electron chi connectivity index (χ0n) is 29.4. The average molecular weight is 672 g/mol. The molecule has 0 radical (unpaired) electrons. The van der Waals surface area contributed by atoms with Crippen LogP contribution in [0.25, 0.3) is 32.9 Å². The number of anilines is 1. The topological polar surface area (TPSA) is 74.6 Å². The van der Waals surface area contributed by atoms with E-state index in [1.54, 1.807) is 24.4 Å². The fourth-order valence-electron chi connectivity index (χ4n) is 8.55. The third-order valence-corrected chi connectivity index (χ3v) is 17.1. The first-order valence-electron chi connectivity index (χ1n) is 17.1. The van der Waals surface area contributed by atoms with Gasteiger partial charge in [-0.05, 0) is 65.7 Å². The largest absolute Gasteiger partial charge is 0.508 e. The number of hydrogen-bond donors (Lipinski definition) is 1. The molecule has 0 unspecified atom stereocenters. The number of aromatic nitrogens is 3. The Kier molecular flexibility index (Phi) is 9.16. The van der Waals surface area contributed by atoms with Crippen molar-refractivity contribution in [2.45, 2.75) is 89.1 Å². The van der Waals surface area contributed by atoms with Crippen LogP contribution in [0.2, 0.25) is 16.6 Å². The molecule has 10 heteroatoms. The van der Waals surface area contributed by atoms with Crippen LogP contribution in [0.15, 0.2) is 36.5 Å². The molecule has 48 heavy (non-hydrogen) atoms. The lowest BCUT2D eigenvalue weighted by Gasteiger charge is -2.38. The second-order valence-electron chi connectivity index (χ2n) is 14.8. The molecule has 0 bridgehead atoms. The monoisotopic (exact) mass is 671 g/mol. The summed E-state index contributed by atoms with van der Waals surface area (Å²) in [5.74, 6) is 3.62. The van der Waals surface area contributed by atoms with Gasteiger partial charge >= 0.3 is 6.01 Å². The third kappa shape index (κ3) is 5.89. The first-order chi connectivity index (χ1) is 22.8. The van der Waals surface area contributed by atoms with E-state index in [1.807, 2.05) is 25.1 Å². The standard InChI is InChI=1S/C38H47F2N5O2Si/c1-23(2)48(24(3)4,25(5)6)15-12-29-32(40)11-10-26-16-28(46)17-30(35(26)29)33-18-34-31(36(42-33)44(7)8)20-41-37(43-34)47-22-38-13-9-14-45(38)21-27(39)19-38/h10-11,16-18,20,23-25,27,46H,9,13-14,19,21-22H2,1-8H3/t27-,38+/m1/s1. The van der Waals surface area contributed by atoms with Gasteiger partial charge in [-0.1, -0.05) is 53.5 Å². The molecule has 1 N–H and O–H groups in total. The SMILES string of the molecule is CC(C)[Si](C#Cc1c(F)ccc2cc(O)cc(-c3cc4nc(OC[C@@]56CCCN5C[C@H](F)C6)ncc4c(N(C)C)n3)c12)(C(C)C)C(C)C. The maximum absolute atomic E-state index is 15.9. The van der Waals surface area contributed by atoms with Crippen LogP contribution in [0.3, 0.4) is 0 Å². The van der Waals surface area contributed by atoms with Crippen LogP contribution in [0.1, 0.15) is 66.4 Å². The Hall–Kier alpha value is -3.81. The fourth-order valence-corrected chi connectivity index (χ4v) is 13.8. The molecule has 2 aliphatic rings. The Morgan fingerprint density at radius 1 is 1.08 bits per heavy atom. The van der Waals surface area contributed by atoms with Gasteiger partial charge in [0.25, 0.3) is 0 Å². The van der Waals surface area contributed by atoms with Crippen molar-refractivity contribution in [2.24, 2.45) is 0 Å². The molecule has 0 aliphatic carbocycles. The number of alkyl halides is 1. The van der Waals surface area contributed by atoms with Crippen molar-refractivity contribution in [3.05, 3.63) is 47.9 Å². The number of ether oxygens (including phenoxy) is 1. The van der Waals surface area contributed by atoms with Crippen LogP contribution in [-0.2, 0) is 0 Å². The van der Waals surface area contributed by atoms with Crippen molar-refractivity contribution in [3.8, 4) is 34.5 Å². The van der Waals surface area contributed by atoms with Gasteiger partial charge in [-0.25, -0.2) is 18.7 Å². The molecule has 2 aromatic heterocycles. The number of fused-ring (bicyclic) bond motifs is 3. The van der Waals surface area contributed by atoms with E-state index in [4.69, 9.17) is 14.7 Å². The summed E-state index contributed by atoms with van der Waals surface area (Å²) in [6, 6.07) is 8.41. The summed E-state index contributed by atoms with van der Waals surface area (Å²) in [4.78, 5) is 18.4. The van der Waals surface area contributed by atoms with Crippen LogP contribution in [0, 0.1) is 17.3 Å². The second-order valence-corrected chi connectivity index (χ2v) is 20.4. The van der Waals surface area contributed by atoms with Crippen LogP contribution in [0.5, 0.6) is 11.8 Å². The number of rotatable bonds is 8. The second kappa shape index (κ2) is 12.9. The minimum absolute atomic E-state index is 0.0430. The lowest BCUT2D eigenvalue weighted by molar-refractivity contribution is 0.107. The average Bonchev–Trinajstić information content (AvgIpc) is 3.55. The van der Waals surface area contributed by atoms with Crippen LogP contribution < -0.4 is 9.64 Å². The zero-order chi connectivity index (χ0) is 34.5. The highest BCUT2D eigenvalue weighted by atomic mass is 28.3. The molecule has 2 atom stereocenters. The number of aromatic hydroxyl groups is 1. The predicted molar refractivity (Wildman–Crippen MR) is 193 cm³/mol. The van der Waals surface area contributed by atoms with Crippen molar-refractivity contribution in [1.82, 2.24) is 19.9 Å². The molecule has 7 nitrogen and oxygen atoms in total. The van der Waals surface area contributed by atoms with Crippen molar-refractivity contribution in [2.75, 3.05) is 38.7 Å². The maximum atomic E-state index is 15.9. The highest BCUT2D eigenvalue weighted by Crippen LogP contribution is 2.43. The van der Waals surface area contributed by atoms with Gasteiger partial charge in [0.15, 0.2) is 0 Å². The van der Waals surface area contributed by atoms with E-state index in [1.165, 1.54) is 6.07 Å². The Bertz CT molecular complexity index is 1900. The van der Waals surface area contributed by atoms with Gasteiger partial charge in [-0.15, -0.1) is 5.54 Å². The summed E-state index contributed by atoms with van der Waals surface area (Å²) >= 11 is 0. The van der Waals surface area contributed by atoms with Crippen molar-refractivity contribution in [1.29, 1.82) is 0 Å². The van der Waals surface area contributed by atoms with E-state index in [0.29, 0.717) is 75.1 Å². The Balaban J connectivity index is 1.50. The lowest BCUT2D eigenvalue weighted by Crippen LogP contribution is -2.43. The molecule has 0 saturated carbocycles. The van der Waals surface area contributed by atoms with E-state index < -0.39 is 20.1 Å². The summed E-state index contributed by atoms with van der Waals surface area (Å²) in [6.45, 7) is 15.1. The quantitative estimate of drug-likeness (QED) is 0.149. The summed E-state index contributed by atoms with van der Waals surface area (Å²) < 4.78 is 36.4. The molecule has 0 spiro atoms. The first-order valence-corrected chi connectivity index (χ1v) is 19.3. The molecular formula is C38H47F2N5O2Si. The number of benzene rings is 2. The van der Waals surface area contributed by atoms with Gasteiger partial charge < -0.3 is 14.7 Å². The van der Waals surface area contributed by atoms with Gasteiger partial charge in [0.1, 0.15) is 38.2 Å². The Morgan fingerprint density at radius 2 is 1.81 bits per heavy atom. The molecule has 254 valence electrons. The molecule has 4 aromatic rings. The molecule has 2 saturated heterocycles. The van der Waals surface area contributed by atoms with Crippen LogP contribution in [0.4, 0.5) is 14.6 Å². The molecule has 0 amide bonds. The highest BCUT2D eigenvalue weighted by Gasteiger charge is 2.49. The smallest absolute Gasteiger partial charge is 0.316 e. The minimum Gasteiger partial charge on any atom is -0.508 e. The zero-order valence-corrected chi connectivity index (χ0v) is 30.4. The molecule has 4 heterocycles. The fraction of sp³-hybridized carbons (Fsp3) is 0.500. The lowest BCUT2D eigenvalue weighted by atomic mass is 9.95. The normalized spacial score (nSPS) is 19.8. The Morgan fingerprint density at radius 3 is 2.50 bits per heavy atom. The third-order valence-electron chi connectivity index (χ3n) is 10.8. The van der Waals surface area contributed by atoms with Gasteiger partial charge in [-0.3, -0.25) is 4.90 Å². The van der Waals surface area contributed by atoms with E-state index in [0.717, 1.165) is 24.8 Å². The molecule has 6 rings (SSSR count). The van der Waals surface area contributed by atoms with Crippen LogP contribution >= 0.6 is 0 Å². The number of phenolic OH excluding ortho intramolecular Hbond substituents is 1. The van der Waals surface area contributed by atoms with E-state index in [2.05, 4.69) is 62.9 Å². The van der Waals surface area contributed by atoms with E-state index in [-0.39, 0.29) is 17.3 Å². The number of halogens is 2. The number of pyridine rings is 1. The summed E-state index contributed by atoms with van der Waals surface area (Å²) in [6.07, 6.45) is 3.23. The summed E-state index contributed by atoms with van der Waals surface area (Å²) in [5, 5.41) is 12.9. The first kappa shape index (κ1) is 34.1. The van der Waals surface area contributed by atoms with Gasteiger partial charge in [0, 0.05) is 44.2 Å². The summed E-state index contributed by atoms with van der Waals surface area (Å²) in [5.41, 5.74) is 6.50. The van der Waals surface area contributed by atoms with E-state index in [9.17, 15) is 9.50 Å². The van der Waals surface area contributed by atoms with Crippen molar-refractivity contribution >= 4 is 35.6 Å².